The summed E-state index contributed by atoms with van der Waals surface area (Å²) in [6.07, 6.45) is 20.1. The number of benzene rings is 1. The van der Waals surface area contributed by atoms with Gasteiger partial charge in [0.1, 0.15) is 6.10 Å². The first kappa shape index (κ1) is 35.2. The molecule has 0 aromatic heterocycles. The highest BCUT2D eigenvalue weighted by Crippen LogP contribution is 2.23. The standard InChI is InChI=1S/C33H58O6S/c1-3-4-5-6-7-8-9-13-16-21-32(39-40(35,36)30-25-23-29(2)24-26-30)31(34)20-15-12-10-11-14-18-27-37-33-22-17-19-28-38-33/h23-26,31-34H,3-22,27-28H2,1-2H3/t31-,32-,33?/m0/s1. The Hall–Kier alpha value is -0.990. The normalized spacial score (nSPS) is 17.6. The Morgan fingerprint density at radius 3 is 2.00 bits per heavy atom. The van der Waals surface area contributed by atoms with Gasteiger partial charge in [0.2, 0.25) is 0 Å². The molecule has 1 unspecified atom stereocenters. The fourth-order valence-electron chi connectivity index (χ4n) is 5.29. The van der Waals surface area contributed by atoms with E-state index >= 15 is 0 Å². The summed E-state index contributed by atoms with van der Waals surface area (Å²) in [5, 5.41) is 11.0. The Morgan fingerprint density at radius 2 is 1.40 bits per heavy atom. The molecule has 1 heterocycles. The molecule has 1 fully saturated rings. The number of aryl methyl sites for hydroxylation is 1. The molecule has 40 heavy (non-hydrogen) atoms. The average molecular weight is 583 g/mol. The van der Waals surface area contributed by atoms with Gasteiger partial charge in [0.05, 0.1) is 11.0 Å². The van der Waals surface area contributed by atoms with Crippen LogP contribution in [0.25, 0.3) is 0 Å². The van der Waals surface area contributed by atoms with Gasteiger partial charge in [-0.05, 0) is 57.6 Å². The molecule has 232 valence electrons. The zero-order valence-electron chi connectivity index (χ0n) is 25.5. The highest BCUT2D eigenvalue weighted by molar-refractivity contribution is 7.86. The van der Waals surface area contributed by atoms with Gasteiger partial charge in [0, 0.05) is 13.2 Å². The van der Waals surface area contributed by atoms with Gasteiger partial charge in [-0.1, -0.05) is 115 Å². The average Bonchev–Trinajstić information content (AvgIpc) is 2.95. The summed E-state index contributed by atoms with van der Waals surface area (Å²) in [5.41, 5.74) is 0.996. The van der Waals surface area contributed by atoms with Gasteiger partial charge >= 0.3 is 0 Å². The predicted octanol–water partition coefficient (Wildman–Crippen LogP) is 8.62. The van der Waals surface area contributed by atoms with Crippen LogP contribution in [-0.4, -0.2) is 45.2 Å². The van der Waals surface area contributed by atoms with E-state index in [0.717, 1.165) is 89.4 Å². The van der Waals surface area contributed by atoms with Crippen LogP contribution in [0.5, 0.6) is 0 Å². The second-order valence-electron chi connectivity index (χ2n) is 11.7. The van der Waals surface area contributed by atoms with Crippen molar-refractivity contribution in [3.63, 3.8) is 0 Å². The Bertz CT molecular complexity index is 835. The van der Waals surface area contributed by atoms with Gasteiger partial charge in [-0.25, -0.2) is 0 Å². The van der Waals surface area contributed by atoms with Crippen molar-refractivity contribution in [2.75, 3.05) is 13.2 Å². The minimum Gasteiger partial charge on any atom is -0.390 e. The molecular formula is C33H58O6S. The largest absolute Gasteiger partial charge is 0.390 e. The predicted molar refractivity (Wildman–Crippen MR) is 163 cm³/mol. The number of ether oxygens (including phenoxy) is 2. The van der Waals surface area contributed by atoms with Crippen molar-refractivity contribution in [2.45, 2.75) is 166 Å². The maximum Gasteiger partial charge on any atom is 0.297 e. The highest BCUT2D eigenvalue weighted by atomic mass is 32.2. The van der Waals surface area contributed by atoms with Crippen LogP contribution in [0.3, 0.4) is 0 Å². The molecule has 1 aliphatic rings. The third kappa shape index (κ3) is 15.9. The van der Waals surface area contributed by atoms with Crippen LogP contribution in [0.15, 0.2) is 29.2 Å². The number of aliphatic hydroxyl groups excluding tert-OH is 1. The van der Waals surface area contributed by atoms with E-state index in [1.54, 1.807) is 24.3 Å². The number of rotatable bonds is 24. The van der Waals surface area contributed by atoms with Gasteiger partial charge < -0.3 is 14.6 Å². The fourth-order valence-corrected chi connectivity index (χ4v) is 6.42. The molecule has 0 spiro atoms. The van der Waals surface area contributed by atoms with Crippen LogP contribution in [0.4, 0.5) is 0 Å². The minimum absolute atomic E-state index is 0.00391. The van der Waals surface area contributed by atoms with Gasteiger partial charge in [-0.2, -0.15) is 8.42 Å². The van der Waals surface area contributed by atoms with E-state index in [1.807, 2.05) is 6.92 Å². The quantitative estimate of drug-likeness (QED) is 0.0970. The summed E-state index contributed by atoms with van der Waals surface area (Å²) < 4.78 is 43.0. The molecule has 0 radical (unpaired) electrons. The smallest absolute Gasteiger partial charge is 0.297 e. The summed E-state index contributed by atoms with van der Waals surface area (Å²) >= 11 is 0. The SMILES string of the molecule is CCCCCCCCCCC[C@H](OS(=O)(=O)c1ccc(C)cc1)[C@@H](O)CCCCCCCCOC1CCCCO1. The molecule has 0 aliphatic carbocycles. The number of unbranched alkanes of at least 4 members (excludes halogenated alkanes) is 13. The first-order valence-corrected chi connectivity index (χ1v) is 17.7. The number of aliphatic hydroxyl groups is 1. The Kier molecular flexibility index (Phi) is 19.1. The van der Waals surface area contributed by atoms with Crippen molar-refractivity contribution in [2.24, 2.45) is 0 Å². The van der Waals surface area contributed by atoms with E-state index in [4.69, 9.17) is 13.7 Å². The van der Waals surface area contributed by atoms with Crippen LogP contribution >= 0.6 is 0 Å². The van der Waals surface area contributed by atoms with E-state index in [2.05, 4.69) is 6.92 Å². The maximum absolute atomic E-state index is 13.0. The van der Waals surface area contributed by atoms with Gasteiger partial charge in [-0.3, -0.25) is 4.18 Å². The van der Waals surface area contributed by atoms with Gasteiger partial charge in [-0.15, -0.1) is 0 Å². The third-order valence-corrected chi connectivity index (χ3v) is 9.27. The van der Waals surface area contributed by atoms with Crippen molar-refractivity contribution in [1.29, 1.82) is 0 Å². The molecule has 7 heteroatoms. The number of hydrogen-bond acceptors (Lipinski definition) is 6. The Labute approximate surface area is 245 Å². The van der Waals surface area contributed by atoms with Crippen LogP contribution < -0.4 is 0 Å². The Morgan fingerprint density at radius 1 is 0.825 bits per heavy atom. The summed E-state index contributed by atoms with van der Waals surface area (Å²) in [5.74, 6) is 0. The van der Waals surface area contributed by atoms with Crippen molar-refractivity contribution < 1.29 is 27.2 Å². The molecule has 3 atom stereocenters. The van der Waals surface area contributed by atoms with Crippen molar-refractivity contribution in [3.05, 3.63) is 29.8 Å². The molecule has 0 bridgehead atoms. The molecule has 0 saturated carbocycles. The van der Waals surface area contributed by atoms with Crippen LogP contribution in [-0.2, 0) is 23.8 Å². The minimum atomic E-state index is -3.92. The Balaban J connectivity index is 1.69. The van der Waals surface area contributed by atoms with E-state index < -0.39 is 22.3 Å². The zero-order valence-corrected chi connectivity index (χ0v) is 26.3. The fraction of sp³-hybridized carbons (Fsp3) is 0.818. The lowest BCUT2D eigenvalue weighted by molar-refractivity contribution is -0.162. The van der Waals surface area contributed by atoms with Crippen molar-refractivity contribution in [3.8, 4) is 0 Å². The van der Waals surface area contributed by atoms with Crippen LogP contribution in [0.2, 0.25) is 0 Å². The number of hydrogen-bond donors (Lipinski definition) is 1. The van der Waals surface area contributed by atoms with E-state index in [0.29, 0.717) is 12.8 Å². The van der Waals surface area contributed by atoms with Crippen molar-refractivity contribution in [1.82, 2.24) is 0 Å². The molecule has 1 aliphatic heterocycles. The lowest BCUT2D eigenvalue weighted by Crippen LogP contribution is -2.31. The first-order chi connectivity index (χ1) is 19.4. The molecular weight excluding hydrogens is 524 g/mol. The zero-order chi connectivity index (χ0) is 28.9. The third-order valence-electron chi connectivity index (χ3n) is 7.92. The lowest BCUT2D eigenvalue weighted by atomic mass is 9.99. The molecule has 1 aromatic carbocycles. The summed E-state index contributed by atoms with van der Waals surface area (Å²) in [4.78, 5) is 0.154. The molecule has 1 aromatic rings. The highest BCUT2D eigenvalue weighted by Gasteiger charge is 2.27. The van der Waals surface area contributed by atoms with Gasteiger partial charge in [0.15, 0.2) is 6.29 Å². The molecule has 1 N–H and O–H groups in total. The first-order valence-electron chi connectivity index (χ1n) is 16.3. The van der Waals surface area contributed by atoms with E-state index in [1.165, 1.54) is 44.9 Å². The second kappa shape index (κ2) is 21.7. The summed E-state index contributed by atoms with van der Waals surface area (Å²) in [6, 6.07) is 6.72. The monoisotopic (exact) mass is 582 g/mol. The summed E-state index contributed by atoms with van der Waals surface area (Å²) in [7, 11) is -3.92. The molecule has 1 saturated heterocycles. The van der Waals surface area contributed by atoms with Crippen LogP contribution in [0, 0.1) is 6.92 Å². The molecule has 0 amide bonds. The van der Waals surface area contributed by atoms with Crippen LogP contribution in [0.1, 0.15) is 141 Å². The molecule has 2 rings (SSSR count). The topological polar surface area (TPSA) is 82.1 Å². The van der Waals surface area contributed by atoms with Crippen molar-refractivity contribution >= 4 is 10.1 Å². The summed E-state index contributed by atoms with van der Waals surface area (Å²) in [6.45, 7) is 5.74. The lowest BCUT2D eigenvalue weighted by Gasteiger charge is -2.23. The van der Waals surface area contributed by atoms with Gasteiger partial charge in [0.25, 0.3) is 10.1 Å². The maximum atomic E-state index is 13.0. The second-order valence-corrected chi connectivity index (χ2v) is 13.2. The van der Waals surface area contributed by atoms with E-state index in [-0.39, 0.29) is 11.2 Å². The van der Waals surface area contributed by atoms with E-state index in [9.17, 15) is 13.5 Å². The molecule has 6 nitrogen and oxygen atoms in total.